The maximum atomic E-state index is 13.0. The smallest absolute Gasteiger partial charge is 0.287 e. The molecule has 31 heavy (non-hydrogen) atoms. The van der Waals surface area contributed by atoms with Crippen molar-refractivity contribution in [2.24, 2.45) is 0 Å². The molecule has 1 aromatic carbocycles. The Morgan fingerprint density at radius 2 is 1.74 bits per heavy atom. The number of pyridine rings is 2. The molecule has 0 radical (unpaired) electrons. The minimum atomic E-state index is -0.488. The third kappa shape index (κ3) is 4.45. The summed E-state index contributed by atoms with van der Waals surface area (Å²) in [5.74, 6) is 0.339. The van der Waals surface area contributed by atoms with E-state index in [0.29, 0.717) is 38.5 Å². The Kier molecular flexibility index (Phi) is 5.74. The normalized spacial score (nSPS) is 13.8. The predicted molar refractivity (Wildman–Crippen MR) is 115 cm³/mol. The molecule has 0 unspecified atom stereocenters. The van der Waals surface area contributed by atoms with E-state index in [4.69, 9.17) is 0 Å². The van der Waals surface area contributed by atoms with Crippen molar-refractivity contribution in [1.29, 1.82) is 0 Å². The zero-order chi connectivity index (χ0) is 21.8. The first kappa shape index (κ1) is 20.3. The Bertz CT molecular complexity index is 1140. The second-order valence-corrected chi connectivity index (χ2v) is 7.25. The van der Waals surface area contributed by atoms with Crippen molar-refractivity contribution >= 4 is 17.4 Å². The van der Waals surface area contributed by atoms with Crippen molar-refractivity contribution in [3.05, 3.63) is 98.6 Å². The van der Waals surface area contributed by atoms with Crippen LogP contribution in [0, 0.1) is 10.1 Å². The molecule has 2 aromatic heterocycles. The van der Waals surface area contributed by atoms with Gasteiger partial charge in [0.15, 0.2) is 0 Å². The van der Waals surface area contributed by atoms with Crippen molar-refractivity contribution < 1.29 is 9.72 Å². The summed E-state index contributed by atoms with van der Waals surface area (Å²) in [6.45, 7) is 2.33. The highest BCUT2D eigenvalue weighted by Gasteiger charge is 2.25. The van der Waals surface area contributed by atoms with Gasteiger partial charge in [-0.1, -0.05) is 30.3 Å². The van der Waals surface area contributed by atoms with Crippen LogP contribution >= 0.6 is 0 Å². The molecule has 1 saturated heterocycles. The lowest BCUT2D eigenvalue weighted by Gasteiger charge is -2.35. The number of carbonyl (C=O) groups excluding carboxylic acids is 1. The van der Waals surface area contributed by atoms with Gasteiger partial charge < -0.3 is 14.4 Å². The molecule has 0 saturated carbocycles. The summed E-state index contributed by atoms with van der Waals surface area (Å²) in [5.41, 5.74) is 0.767. The molecular formula is C22H21N5O4. The molecule has 3 aromatic rings. The first-order chi connectivity index (χ1) is 15.0. The number of rotatable bonds is 5. The van der Waals surface area contributed by atoms with Gasteiger partial charge in [0.2, 0.25) is 0 Å². The van der Waals surface area contributed by atoms with Crippen LogP contribution in [0.2, 0.25) is 0 Å². The molecule has 0 N–H and O–H groups in total. The Balaban J connectivity index is 1.43. The Hall–Kier alpha value is -4.01. The molecule has 1 aliphatic heterocycles. The lowest BCUT2D eigenvalue weighted by molar-refractivity contribution is -0.385. The van der Waals surface area contributed by atoms with E-state index in [1.165, 1.54) is 12.3 Å². The Morgan fingerprint density at radius 1 is 1.00 bits per heavy atom. The van der Waals surface area contributed by atoms with Crippen molar-refractivity contribution in [1.82, 2.24) is 14.5 Å². The highest BCUT2D eigenvalue weighted by atomic mass is 16.6. The van der Waals surface area contributed by atoms with Crippen molar-refractivity contribution in [3.63, 3.8) is 0 Å². The minimum absolute atomic E-state index is 0.0616. The first-order valence-corrected chi connectivity index (χ1v) is 9.91. The summed E-state index contributed by atoms with van der Waals surface area (Å²) in [4.78, 5) is 43.9. The molecule has 0 bridgehead atoms. The van der Waals surface area contributed by atoms with Crippen molar-refractivity contribution in [2.45, 2.75) is 6.54 Å². The highest BCUT2D eigenvalue weighted by Crippen LogP contribution is 2.18. The minimum Gasteiger partial charge on any atom is -0.353 e. The van der Waals surface area contributed by atoms with Gasteiger partial charge in [0.25, 0.3) is 17.2 Å². The van der Waals surface area contributed by atoms with Gasteiger partial charge in [0, 0.05) is 38.4 Å². The average molecular weight is 419 g/mol. The van der Waals surface area contributed by atoms with E-state index >= 15 is 0 Å². The van der Waals surface area contributed by atoms with Crippen LogP contribution in [0.25, 0.3) is 0 Å². The number of piperazine rings is 1. The number of anilines is 1. The van der Waals surface area contributed by atoms with E-state index in [-0.39, 0.29) is 22.7 Å². The summed E-state index contributed by atoms with van der Waals surface area (Å²) in [6, 6.07) is 15.9. The van der Waals surface area contributed by atoms with Crippen LogP contribution in [0.5, 0.6) is 0 Å². The second-order valence-electron chi connectivity index (χ2n) is 7.25. The van der Waals surface area contributed by atoms with Crippen LogP contribution < -0.4 is 10.5 Å². The number of benzene rings is 1. The van der Waals surface area contributed by atoms with Gasteiger partial charge in [-0.3, -0.25) is 19.7 Å². The third-order valence-corrected chi connectivity index (χ3v) is 5.28. The molecule has 4 rings (SSSR count). The number of carbonyl (C=O) groups is 1. The maximum absolute atomic E-state index is 13.0. The molecule has 1 fully saturated rings. The van der Waals surface area contributed by atoms with Crippen LogP contribution in [-0.2, 0) is 6.54 Å². The zero-order valence-corrected chi connectivity index (χ0v) is 16.8. The van der Waals surface area contributed by atoms with Gasteiger partial charge in [-0.15, -0.1) is 0 Å². The van der Waals surface area contributed by atoms with Gasteiger partial charge in [0.05, 0.1) is 11.5 Å². The quantitative estimate of drug-likeness (QED) is 0.464. The summed E-state index contributed by atoms with van der Waals surface area (Å²) < 4.78 is 1.54. The fraction of sp³-hybridized carbons (Fsp3) is 0.227. The van der Waals surface area contributed by atoms with Gasteiger partial charge in [-0.2, -0.15) is 0 Å². The molecule has 0 aliphatic carbocycles. The topological polar surface area (TPSA) is 102 Å². The Labute approximate surface area is 178 Å². The SMILES string of the molecule is O=C(c1cccn(Cc2ccccc2)c1=O)N1CCN(c2ccc([N+](=O)[O-])cn2)CC1. The first-order valence-electron chi connectivity index (χ1n) is 9.91. The molecule has 9 nitrogen and oxygen atoms in total. The van der Waals surface area contributed by atoms with E-state index in [1.54, 1.807) is 33.9 Å². The fourth-order valence-electron chi connectivity index (χ4n) is 3.59. The van der Waals surface area contributed by atoms with Crippen molar-refractivity contribution in [3.8, 4) is 0 Å². The van der Waals surface area contributed by atoms with Crippen LogP contribution in [0.3, 0.4) is 0 Å². The molecule has 158 valence electrons. The van der Waals surface area contributed by atoms with Crippen LogP contribution in [0.15, 0.2) is 71.8 Å². The van der Waals surface area contributed by atoms with Gasteiger partial charge >= 0.3 is 0 Å². The molecular weight excluding hydrogens is 398 g/mol. The maximum Gasteiger partial charge on any atom is 0.287 e. The average Bonchev–Trinajstić information content (AvgIpc) is 2.81. The summed E-state index contributed by atoms with van der Waals surface area (Å²) in [5, 5.41) is 10.8. The van der Waals surface area contributed by atoms with Crippen LogP contribution in [-0.4, -0.2) is 51.5 Å². The second kappa shape index (κ2) is 8.78. The summed E-state index contributed by atoms with van der Waals surface area (Å²) in [6.07, 6.45) is 2.91. The monoisotopic (exact) mass is 419 g/mol. The van der Waals surface area contributed by atoms with Crippen molar-refractivity contribution in [2.75, 3.05) is 31.1 Å². The number of nitrogens with zero attached hydrogens (tertiary/aromatic N) is 5. The number of aromatic nitrogens is 2. The lowest BCUT2D eigenvalue weighted by Crippen LogP contribution is -2.50. The number of nitro groups is 1. The zero-order valence-electron chi connectivity index (χ0n) is 16.8. The summed E-state index contributed by atoms with van der Waals surface area (Å²) >= 11 is 0. The van der Waals surface area contributed by atoms with E-state index in [0.717, 1.165) is 5.56 Å². The van der Waals surface area contributed by atoms with Crippen LogP contribution in [0.1, 0.15) is 15.9 Å². The van der Waals surface area contributed by atoms with Gasteiger partial charge in [0.1, 0.15) is 17.6 Å². The standard InChI is InChI=1S/C22H21N5O4/c28-21(19-7-4-10-26(22(19)29)16-17-5-2-1-3-6-17)25-13-11-24(12-14-25)20-9-8-18(15-23-20)27(30)31/h1-10,15H,11-14,16H2. The van der Waals surface area contributed by atoms with Gasteiger partial charge in [-0.25, -0.2) is 4.98 Å². The third-order valence-electron chi connectivity index (χ3n) is 5.28. The van der Waals surface area contributed by atoms with E-state index < -0.39 is 4.92 Å². The molecule has 0 atom stereocenters. The summed E-state index contributed by atoms with van der Waals surface area (Å²) in [7, 11) is 0. The molecule has 9 heteroatoms. The number of hydrogen-bond acceptors (Lipinski definition) is 6. The molecule has 1 aliphatic rings. The predicted octanol–water partition coefficient (Wildman–Crippen LogP) is 2.16. The fourth-order valence-corrected chi connectivity index (χ4v) is 3.59. The van der Waals surface area contributed by atoms with Crippen LogP contribution in [0.4, 0.5) is 11.5 Å². The van der Waals surface area contributed by atoms with E-state index in [1.807, 2.05) is 35.2 Å². The highest BCUT2D eigenvalue weighted by molar-refractivity contribution is 5.94. The van der Waals surface area contributed by atoms with Gasteiger partial charge in [-0.05, 0) is 23.8 Å². The Morgan fingerprint density at radius 3 is 2.39 bits per heavy atom. The molecule has 3 heterocycles. The molecule has 1 amide bonds. The molecule has 0 spiro atoms. The van der Waals surface area contributed by atoms with E-state index in [9.17, 15) is 19.7 Å². The number of hydrogen-bond donors (Lipinski definition) is 0. The largest absolute Gasteiger partial charge is 0.353 e. The lowest BCUT2D eigenvalue weighted by atomic mass is 10.2. The number of amides is 1. The van der Waals surface area contributed by atoms with E-state index in [2.05, 4.69) is 4.98 Å².